The molecule has 1 amide bonds. The van der Waals surface area contributed by atoms with Crippen LogP contribution >= 0.6 is 0 Å². The van der Waals surface area contributed by atoms with Crippen molar-refractivity contribution < 1.29 is 39.8 Å². The van der Waals surface area contributed by atoms with Crippen LogP contribution in [0.1, 0.15) is 187 Å². The van der Waals surface area contributed by atoms with Gasteiger partial charge in [-0.2, -0.15) is 0 Å². The lowest BCUT2D eigenvalue weighted by Gasteiger charge is -2.40. The minimum atomic E-state index is -1.59. The normalized spacial score (nSPS) is 20.9. The molecular formula is C55H93NO8. The standard InChI is InChI=1S/C55H93NO8/c1-3-5-7-9-11-13-15-17-19-21-23-24-25-27-28-30-32-34-36-38-40-42-44-49(58)48(47-63-55-54(62)53(61)52(60)50(46-57)64-55)56-51(59)45-43-41-39-37-35-33-31-29-26-22-20-18-16-14-12-10-8-6-4-2/h6,8,12,14,18,20,26,29,33-36,39,41-42,44,48-50,52-55,57-58,60-62H,3-5,7,9-11,13,15-17,19,21-25,27-28,30-32,37-38,40,43,45-47H2,1-2H3,(H,56,59)/b8-6-,14-12-,20-18-,29-26-,35-33-,36-34+,41-39-,44-42+. The van der Waals surface area contributed by atoms with Crippen LogP contribution in [0, 0.1) is 0 Å². The maximum atomic E-state index is 13.0. The highest BCUT2D eigenvalue weighted by Gasteiger charge is 2.44. The number of rotatable bonds is 41. The third-order valence-corrected chi connectivity index (χ3v) is 11.4. The molecular weight excluding hydrogens is 803 g/mol. The highest BCUT2D eigenvalue weighted by Crippen LogP contribution is 2.22. The molecule has 0 radical (unpaired) electrons. The van der Waals surface area contributed by atoms with E-state index in [2.05, 4.69) is 92.1 Å². The van der Waals surface area contributed by atoms with E-state index >= 15 is 0 Å². The van der Waals surface area contributed by atoms with E-state index in [1.54, 1.807) is 6.08 Å². The lowest BCUT2D eigenvalue weighted by Crippen LogP contribution is -2.60. The molecule has 64 heavy (non-hydrogen) atoms. The fourth-order valence-corrected chi connectivity index (χ4v) is 7.37. The van der Waals surface area contributed by atoms with E-state index in [4.69, 9.17) is 9.47 Å². The van der Waals surface area contributed by atoms with Crippen molar-refractivity contribution in [3.8, 4) is 0 Å². The number of allylic oxidation sites excluding steroid dienone is 15. The van der Waals surface area contributed by atoms with Crippen LogP contribution in [0.2, 0.25) is 0 Å². The molecule has 0 aromatic carbocycles. The number of aliphatic hydroxyl groups is 5. The first kappa shape index (κ1) is 59.1. The van der Waals surface area contributed by atoms with Crippen molar-refractivity contribution in [2.45, 2.75) is 230 Å². The largest absolute Gasteiger partial charge is 0.394 e. The monoisotopic (exact) mass is 896 g/mol. The zero-order chi connectivity index (χ0) is 46.6. The molecule has 0 spiro atoms. The predicted octanol–water partition coefficient (Wildman–Crippen LogP) is 11.7. The molecule has 0 aromatic heterocycles. The SMILES string of the molecule is CC/C=C\C/C=C\C/C=C\C/C=C\C/C=C\C/C=C\CCC(=O)NC(COC1OC(CO)C(O)C(O)C1O)C(O)/C=C/CC/C=C/CCCCCCCCCCCCCCCCCC. The number of ether oxygens (including phenoxy) is 2. The summed E-state index contributed by atoms with van der Waals surface area (Å²) in [5.41, 5.74) is 0. The molecule has 366 valence electrons. The first-order valence-electron chi connectivity index (χ1n) is 25.5. The summed E-state index contributed by atoms with van der Waals surface area (Å²) >= 11 is 0. The van der Waals surface area contributed by atoms with Crippen LogP contribution in [-0.4, -0.2) is 87.5 Å². The van der Waals surface area contributed by atoms with Crippen LogP contribution in [0.4, 0.5) is 0 Å². The summed E-state index contributed by atoms with van der Waals surface area (Å²) in [7, 11) is 0. The van der Waals surface area contributed by atoms with Gasteiger partial charge in [-0.05, 0) is 70.6 Å². The number of amides is 1. The van der Waals surface area contributed by atoms with Crippen molar-refractivity contribution >= 4 is 5.91 Å². The van der Waals surface area contributed by atoms with Gasteiger partial charge in [0, 0.05) is 6.42 Å². The van der Waals surface area contributed by atoms with Crippen molar-refractivity contribution in [2.75, 3.05) is 13.2 Å². The molecule has 7 atom stereocenters. The van der Waals surface area contributed by atoms with Gasteiger partial charge >= 0.3 is 0 Å². The summed E-state index contributed by atoms with van der Waals surface area (Å²) in [5.74, 6) is -0.272. The van der Waals surface area contributed by atoms with E-state index in [1.807, 2.05) is 18.2 Å². The van der Waals surface area contributed by atoms with Gasteiger partial charge in [0.2, 0.25) is 5.91 Å². The van der Waals surface area contributed by atoms with Gasteiger partial charge in [-0.25, -0.2) is 0 Å². The van der Waals surface area contributed by atoms with E-state index in [9.17, 15) is 30.3 Å². The molecule has 0 aromatic rings. The van der Waals surface area contributed by atoms with Gasteiger partial charge in [0.05, 0.1) is 25.4 Å². The van der Waals surface area contributed by atoms with Gasteiger partial charge in [0.25, 0.3) is 0 Å². The molecule has 1 rings (SSSR count). The second-order valence-corrected chi connectivity index (χ2v) is 17.2. The average Bonchev–Trinajstić information content (AvgIpc) is 3.29. The van der Waals surface area contributed by atoms with E-state index in [0.29, 0.717) is 6.42 Å². The smallest absolute Gasteiger partial charge is 0.220 e. The molecule has 1 saturated heterocycles. The van der Waals surface area contributed by atoms with Gasteiger partial charge in [0.15, 0.2) is 6.29 Å². The van der Waals surface area contributed by atoms with Gasteiger partial charge in [0.1, 0.15) is 24.4 Å². The minimum Gasteiger partial charge on any atom is -0.394 e. The van der Waals surface area contributed by atoms with Crippen molar-refractivity contribution in [1.82, 2.24) is 5.32 Å². The number of carbonyl (C=O) groups excluding carboxylic acids is 1. The first-order chi connectivity index (χ1) is 31.3. The quantitative estimate of drug-likeness (QED) is 0.0262. The van der Waals surface area contributed by atoms with Crippen LogP contribution in [0.5, 0.6) is 0 Å². The van der Waals surface area contributed by atoms with E-state index in [0.717, 1.165) is 57.8 Å². The Morgan fingerprint density at radius 2 is 0.984 bits per heavy atom. The summed E-state index contributed by atoms with van der Waals surface area (Å²) in [6.07, 6.45) is 56.2. The fraction of sp³-hybridized carbons (Fsp3) is 0.691. The predicted molar refractivity (Wildman–Crippen MR) is 267 cm³/mol. The molecule has 9 nitrogen and oxygen atoms in total. The topological polar surface area (TPSA) is 149 Å². The van der Waals surface area contributed by atoms with Crippen LogP contribution in [-0.2, 0) is 14.3 Å². The van der Waals surface area contributed by atoms with E-state index < -0.39 is 49.5 Å². The summed E-state index contributed by atoms with van der Waals surface area (Å²) in [6.45, 7) is 3.60. The number of unbranched alkanes of at least 4 members (excludes halogenated alkanes) is 17. The molecule has 1 fully saturated rings. The Morgan fingerprint density at radius 1 is 0.547 bits per heavy atom. The molecule has 9 heteroatoms. The summed E-state index contributed by atoms with van der Waals surface area (Å²) in [4.78, 5) is 13.0. The summed E-state index contributed by atoms with van der Waals surface area (Å²) in [5, 5.41) is 54.2. The fourth-order valence-electron chi connectivity index (χ4n) is 7.37. The Balaban J connectivity index is 2.39. The average molecular weight is 896 g/mol. The Morgan fingerprint density at radius 3 is 1.48 bits per heavy atom. The summed E-state index contributed by atoms with van der Waals surface area (Å²) < 4.78 is 11.2. The molecule has 1 heterocycles. The minimum absolute atomic E-state index is 0.208. The van der Waals surface area contributed by atoms with Crippen molar-refractivity contribution in [3.05, 3.63) is 97.2 Å². The zero-order valence-corrected chi connectivity index (χ0v) is 40.2. The third kappa shape index (κ3) is 33.6. The van der Waals surface area contributed by atoms with E-state index in [1.165, 1.54) is 103 Å². The lowest BCUT2D eigenvalue weighted by molar-refractivity contribution is -0.302. The van der Waals surface area contributed by atoms with Crippen LogP contribution in [0.15, 0.2) is 97.2 Å². The van der Waals surface area contributed by atoms with Crippen LogP contribution < -0.4 is 5.32 Å². The van der Waals surface area contributed by atoms with Crippen molar-refractivity contribution in [3.63, 3.8) is 0 Å². The maximum Gasteiger partial charge on any atom is 0.220 e. The van der Waals surface area contributed by atoms with Crippen LogP contribution in [0.3, 0.4) is 0 Å². The zero-order valence-electron chi connectivity index (χ0n) is 40.2. The highest BCUT2D eigenvalue weighted by atomic mass is 16.7. The third-order valence-electron chi connectivity index (χ3n) is 11.4. The second-order valence-electron chi connectivity index (χ2n) is 17.2. The lowest BCUT2D eigenvalue weighted by atomic mass is 9.99. The Kier molecular flexibility index (Phi) is 40.6. The number of aliphatic hydroxyl groups excluding tert-OH is 5. The summed E-state index contributed by atoms with van der Waals surface area (Å²) in [6, 6.07) is -0.869. The maximum absolute atomic E-state index is 13.0. The first-order valence-corrected chi connectivity index (χ1v) is 25.5. The van der Waals surface area contributed by atoms with E-state index in [-0.39, 0.29) is 18.9 Å². The molecule has 1 aliphatic heterocycles. The van der Waals surface area contributed by atoms with Gasteiger partial charge in [-0.3, -0.25) is 4.79 Å². The molecule has 0 saturated carbocycles. The molecule has 1 aliphatic rings. The molecule has 0 aliphatic carbocycles. The van der Waals surface area contributed by atoms with Gasteiger partial charge in [-0.15, -0.1) is 0 Å². The second kappa shape index (κ2) is 44.0. The van der Waals surface area contributed by atoms with Gasteiger partial charge in [-0.1, -0.05) is 207 Å². The Hall–Kier alpha value is -2.89. The Bertz CT molecular complexity index is 1320. The molecule has 0 bridgehead atoms. The molecule has 6 N–H and O–H groups in total. The number of hydrogen-bond acceptors (Lipinski definition) is 8. The van der Waals surface area contributed by atoms with Crippen molar-refractivity contribution in [2.24, 2.45) is 0 Å². The number of nitrogens with one attached hydrogen (secondary N) is 1. The number of hydrogen-bond donors (Lipinski definition) is 6. The van der Waals surface area contributed by atoms with Crippen molar-refractivity contribution in [1.29, 1.82) is 0 Å². The highest BCUT2D eigenvalue weighted by molar-refractivity contribution is 5.76. The van der Waals surface area contributed by atoms with Crippen LogP contribution in [0.25, 0.3) is 0 Å². The molecule has 7 unspecified atom stereocenters. The Labute approximate surface area is 390 Å². The van der Waals surface area contributed by atoms with Gasteiger partial charge < -0.3 is 40.3 Å². The number of carbonyl (C=O) groups is 1.